The standard InChI is InChI=1S/C33H31N3O3/c1-22-6-13-31(39-21-28-12-11-27(19-23(28)2)25-9-7-24(20-34)8-10-25)29(18-22)30-4-3-5-32(35-30)36-16-14-26(15-17-36)33(37)38/h3-13,18-19,26H,14-17,21H2,1-2H3,(H,37,38). The van der Waals surface area contributed by atoms with Gasteiger partial charge in [0, 0.05) is 18.7 Å². The Morgan fingerprint density at radius 3 is 2.44 bits per heavy atom. The number of hydrogen-bond acceptors (Lipinski definition) is 5. The van der Waals surface area contributed by atoms with Crippen LogP contribution >= 0.6 is 0 Å². The van der Waals surface area contributed by atoms with Crippen LogP contribution in [0.3, 0.4) is 0 Å². The number of pyridine rings is 1. The van der Waals surface area contributed by atoms with Crippen LogP contribution in [0.15, 0.2) is 78.9 Å². The average molecular weight is 518 g/mol. The van der Waals surface area contributed by atoms with Gasteiger partial charge in [0.15, 0.2) is 0 Å². The fourth-order valence-corrected chi connectivity index (χ4v) is 5.00. The van der Waals surface area contributed by atoms with E-state index in [2.05, 4.69) is 49.1 Å². The predicted molar refractivity (Wildman–Crippen MR) is 153 cm³/mol. The van der Waals surface area contributed by atoms with Gasteiger partial charge in [-0.15, -0.1) is 0 Å². The Morgan fingerprint density at radius 2 is 1.74 bits per heavy atom. The molecule has 196 valence electrons. The summed E-state index contributed by atoms with van der Waals surface area (Å²) in [5, 5.41) is 18.4. The summed E-state index contributed by atoms with van der Waals surface area (Å²) in [6, 6.07) is 28.2. The molecule has 1 aliphatic rings. The van der Waals surface area contributed by atoms with Crippen molar-refractivity contribution in [2.75, 3.05) is 18.0 Å². The number of carboxylic acids is 1. The Bertz CT molecular complexity index is 1530. The third-order valence-electron chi connectivity index (χ3n) is 7.39. The van der Waals surface area contributed by atoms with Crippen molar-refractivity contribution in [2.45, 2.75) is 33.3 Å². The normalized spacial score (nSPS) is 13.6. The molecule has 39 heavy (non-hydrogen) atoms. The third-order valence-corrected chi connectivity index (χ3v) is 7.39. The maximum Gasteiger partial charge on any atom is 0.306 e. The van der Waals surface area contributed by atoms with Crippen molar-refractivity contribution < 1.29 is 14.6 Å². The molecule has 6 nitrogen and oxygen atoms in total. The molecule has 0 radical (unpaired) electrons. The number of ether oxygens (including phenoxy) is 1. The topological polar surface area (TPSA) is 86.5 Å². The number of piperidine rings is 1. The largest absolute Gasteiger partial charge is 0.488 e. The zero-order valence-electron chi connectivity index (χ0n) is 22.2. The summed E-state index contributed by atoms with van der Waals surface area (Å²) in [6.45, 7) is 5.93. The van der Waals surface area contributed by atoms with Gasteiger partial charge in [0.2, 0.25) is 0 Å². The summed E-state index contributed by atoms with van der Waals surface area (Å²) in [7, 11) is 0. The van der Waals surface area contributed by atoms with Gasteiger partial charge >= 0.3 is 5.97 Å². The average Bonchev–Trinajstić information content (AvgIpc) is 2.97. The Hall–Kier alpha value is -4.63. The number of carbonyl (C=O) groups is 1. The smallest absolute Gasteiger partial charge is 0.306 e. The van der Waals surface area contributed by atoms with Crippen LogP contribution in [0.25, 0.3) is 22.4 Å². The van der Waals surface area contributed by atoms with Gasteiger partial charge in [0.05, 0.1) is 23.2 Å². The summed E-state index contributed by atoms with van der Waals surface area (Å²) < 4.78 is 6.36. The van der Waals surface area contributed by atoms with Gasteiger partial charge in [-0.3, -0.25) is 4.79 Å². The molecular weight excluding hydrogens is 486 g/mol. The lowest BCUT2D eigenvalue weighted by Crippen LogP contribution is -2.36. The first kappa shape index (κ1) is 26.0. The quantitative estimate of drug-likeness (QED) is 0.291. The summed E-state index contributed by atoms with van der Waals surface area (Å²) >= 11 is 0. The molecule has 1 aliphatic heterocycles. The number of carboxylic acid groups (broad SMARTS) is 1. The number of rotatable bonds is 7. The van der Waals surface area contributed by atoms with Crippen LogP contribution < -0.4 is 9.64 Å². The van der Waals surface area contributed by atoms with Gasteiger partial charge in [0.1, 0.15) is 18.2 Å². The van der Waals surface area contributed by atoms with Gasteiger partial charge < -0.3 is 14.7 Å². The summed E-state index contributed by atoms with van der Waals surface area (Å²) in [6.07, 6.45) is 1.26. The van der Waals surface area contributed by atoms with Crippen LogP contribution in [0.4, 0.5) is 5.82 Å². The number of nitrogens with zero attached hydrogens (tertiary/aromatic N) is 3. The second-order valence-electron chi connectivity index (χ2n) is 10.1. The highest BCUT2D eigenvalue weighted by molar-refractivity contribution is 5.71. The minimum Gasteiger partial charge on any atom is -0.488 e. The van der Waals surface area contributed by atoms with Crippen molar-refractivity contribution in [3.63, 3.8) is 0 Å². The highest BCUT2D eigenvalue weighted by atomic mass is 16.5. The number of nitriles is 1. The minimum atomic E-state index is -0.711. The molecule has 0 unspecified atom stereocenters. The van der Waals surface area contributed by atoms with Crippen molar-refractivity contribution in [1.82, 2.24) is 4.98 Å². The highest BCUT2D eigenvalue weighted by Crippen LogP contribution is 2.33. The Morgan fingerprint density at radius 1 is 1.00 bits per heavy atom. The molecule has 3 aromatic carbocycles. The zero-order chi connectivity index (χ0) is 27.4. The van der Waals surface area contributed by atoms with E-state index in [1.807, 2.05) is 54.6 Å². The maximum atomic E-state index is 11.3. The molecule has 5 rings (SSSR count). The SMILES string of the molecule is Cc1ccc(OCc2ccc(-c3ccc(C#N)cc3)cc2C)c(-c2cccc(N3CCC(C(=O)O)CC3)n2)c1. The Kier molecular flexibility index (Phi) is 7.60. The van der Waals surface area contributed by atoms with Gasteiger partial charge in [-0.2, -0.15) is 5.26 Å². The second kappa shape index (κ2) is 11.4. The van der Waals surface area contributed by atoms with E-state index >= 15 is 0 Å². The number of aromatic nitrogens is 1. The first-order valence-corrected chi connectivity index (χ1v) is 13.2. The Labute approximate surface area is 229 Å². The molecule has 1 N–H and O–H groups in total. The van der Waals surface area contributed by atoms with Gasteiger partial charge in [-0.05, 0) is 85.3 Å². The maximum absolute atomic E-state index is 11.3. The fraction of sp³-hybridized carbons (Fsp3) is 0.242. The van der Waals surface area contributed by atoms with E-state index < -0.39 is 5.97 Å². The van der Waals surface area contributed by atoms with Crippen molar-refractivity contribution in [2.24, 2.45) is 5.92 Å². The number of aryl methyl sites for hydroxylation is 2. The molecule has 6 heteroatoms. The lowest BCUT2D eigenvalue weighted by atomic mass is 9.97. The first-order valence-electron chi connectivity index (χ1n) is 13.2. The van der Waals surface area contributed by atoms with Gasteiger partial charge in [-0.25, -0.2) is 4.98 Å². The number of anilines is 1. The van der Waals surface area contributed by atoms with Crippen molar-refractivity contribution in [1.29, 1.82) is 5.26 Å². The molecule has 0 spiro atoms. The second-order valence-corrected chi connectivity index (χ2v) is 10.1. The van der Waals surface area contributed by atoms with E-state index in [-0.39, 0.29) is 5.92 Å². The van der Waals surface area contributed by atoms with E-state index in [0.717, 1.165) is 50.6 Å². The van der Waals surface area contributed by atoms with Crippen LogP contribution in [0.2, 0.25) is 0 Å². The molecule has 0 saturated carbocycles. The molecule has 1 saturated heterocycles. The van der Waals surface area contributed by atoms with Gasteiger partial charge in [0.25, 0.3) is 0 Å². The van der Waals surface area contributed by atoms with E-state index in [9.17, 15) is 9.90 Å². The molecule has 0 aliphatic carbocycles. The molecule has 0 bridgehead atoms. The van der Waals surface area contributed by atoms with Crippen molar-refractivity contribution >= 4 is 11.8 Å². The van der Waals surface area contributed by atoms with E-state index in [1.165, 1.54) is 0 Å². The van der Waals surface area contributed by atoms with Crippen LogP contribution in [0.5, 0.6) is 5.75 Å². The lowest BCUT2D eigenvalue weighted by Gasteiger charge is -2.31. The first-order chi connectivity index (χ1) is 18.9. The fourth-order valence-electron chi connectivity index (χ4n) is 5.00. The summed E-state index contributed by atoms with van der Waals surface area (Å²) in [5.74, 6) is 0.642. The minimum absolute atomic E-state index is 0.275. The number of aliphatic carboxylic acids is 1. The summed E-state index contributed by atoms with van der Waals surface area (Å²) in [4.78, 5) is 18.4. The van der Waals surface area contributed by atoms with Crippen molar-refractivity contribution in [3.8, 4) is 34.2 Å². The van der Waals surface area contributed by atoms with Crippen molar-refractivity contribution in [3.05, 3.63) is 101 Å². The molecule has 2 heterocycles. The molecule has 1 aromatic heterocycles. The van der Waals surface area contributed by atoms with Crippen LogP contribution in [-0.4, -0.2) is 29.1 Å². The monoisotopic (exact) mass is 517 g/mol. The molecule has 0 amide bonds. The van der Waals surface area contributed by atoms with Gasteiger partial charge in [-0.1, -0.05) is 48.0 Å². The number of benzene rings is 3. The Balaban J connectivity index is 1.33. The highest BCUT2D eigenvalue weighted by Gasteiger charge is 2.25. The molecule has 1 fully saturated rings. The summed E-state index contributed by atoms with van der Waals surface area (Å²) in [5.41, 5.74) is 7.95. The molecular formula is C33H31N3O3. The third kappa shape index (κ3) is 5.94. The van der Waals surface area contributed by atoms with Crippen LogP contribution in [-0.2, 0) is 11.4 Å². The van der Waals surface area contributed by atoms with E-state index in [4.69, 9.17) is 15.0 Å². The van der Waals surface area contributed by atoms with E-state index in [0.29, 0.717) is 38.1 Å². The van der Waals surface area contributed by atoms with E-state index in [1.54, 1.807) is 0 Å². The predicted octanol–water partition coefficient (Wildman–Crippen LogP) is 6.78. The molecule has 0 atom stereocenters. The lowest BCUT2D eigenvalue weighted by molar-refractivity contribution is -0.142. The van der Waals surface area contributed by atoms with Crippen LogP contribution in [0.1, 0.15) is 35.1 Å². The van der Waals surface area contributed by atoms with Crippen LogP contribution in [0, 0.1) is 31.1 Å². The zero-order valence-corrected chi connectivity index (χ0v) is 22.2. The molecule has 4 aromatic rings. The number of hydrogen-bond donors (Lipinski definition) is 1.